The average molecular weight is 195 g/mol. The monoisotopic (exact) mass is 195 g/mol. The highest BCUT2D eigenvalue weighted by Crippen LogP contribution is 2.23. The van der Waals surface area contributed by atoms with Crippen LogP contribution in [0.3, 0.4) is 0 Å². The Morgan fingerprint density at radius 2 is 1.93 bits per heavy atom. The molecule has 0 unspecified atom stereocenters. The molecule has 2 nitrogen and oxygen atoms in total. The molecule has 0 atom stereocenters. The summed E-state index contributed by atoms with van der Waals surface area (Å²) >= 11 is 0. The molecule has 0 fully saturated rings. The van der Waals surface area contributed by atoms with Gasteiger partial charge in [0.2, 0.25) is 0 Å². The van der Waals surface area contributed by atoms with Crippen molar-refractivity contribution in [3.63, 3.8) is 0 Å². The Hall–Kier alpha value is -1.38. The average Bonchev–Trinajstić information content (AvgIpc) is 2.02. The first-order valence-corrected chi connectivity index (χ1v) is 4.42. The molecule has 0 aliphatic rings. The summed E-state index contributed by atoms with van der Waals surface area (Å²) in [5.74, 6) is -1.29. The molecule has 0 bridgehead atoms. The zero-order chi connectivity index (χ0) is 10.9. The van der Waals surface area contributed by atoms with Crippen molar-refractivity contribution in [2.75, 3.05) is 0 Å². The fourth-order valence-electron chi connectivity index (χ4n) is 1.18. The van der Waals surface area contributed by atoms with E-state index in [0.717, 1.165) is 5.56 Å². The van der Waals surface area contributed by atoms with E-state index in [1.165, 1.54) is 12.1 Å². The van der Waals surface area contributed by atoms with Gasteiger partial charge in [-0.15, -0.1) is 0 Å². The highest BCUT2D eigenvalue weighted by molar-refractivity contribution is 5.93. The Morgan fingerprint density at radius 3 is 2.36 bits per heavy atom. The van der Waals surface area contributed by atoms with Gasteiger partial charge in [0, 0.05) is 0 Å². The molecule has 0 aromatic heterocycles. The van der Waals surface area contributed by atoms with Gasteiger partial charge in [-0.1, -0.05) is 26.8 Å². The van der Waals surface area contributed by atoms with Gasteiger partial charge < -0.3 is 5.73 Å². The van der Waals surface area contributed by atoms with Crippen molar-refractivity contribution in [1.29, 1.82) is 0 Å². The van der Waals surface area contributed by atoms with Gasteiger partial charge in [0.15, 0.2) is 0 Å². The Labute approximate surface area is 82.9 Å². The normalized spacial score (nSPS) is 11.4. The van der Waals surface area contributed by atoms with Gasteiger partial charge in [-0.25, -0.2) is 4.39 Å². The molecule has 76 valence electrons. The Balaban J connectivity index is 3.27. The summed E-state index contributed by atoms with van der Waals surface area (Å²) in [6.07, 6.45) is 0. The highest BCUT2D eigenvalue weighted by atomic mass is 19.1. The van der Waals surface area contributed by atoms with Gasteiger partial charge in [0.25, 0.3) is 5.91 Å². The lowest BCUT2D eigenvalue weighted by molar-refractivity contribution is 0.0996. The van der Waals surface area contributed by atoms with Crippen LogP contribution in [0.4, 0.5) is 4.39 Å². The number of carbonyl (C=O) groups is 1. The van der Waals surface area contributed by atoms with Crippen molar-refractivity contribution in [1.82, 2.24) is 0 Å². The van der Waals surface area contributed by atoms with Crippen molar-refractivity contribution in [2.45, 2.75) is 26.2 Å². The van der Waals surface area contributed by atoms with Crippen LogP contribution in [-0.2, 0) is 5.41 Å². The molecule has 0 aliphatic heterocycles. The predicted molar refractivity (Wildman–Crippen MR) is 53.6 cm³/mol. The topological polar surface area (TPSA) is 43.1 Å². The number of halogens is 1. The molecule has 0 spiro atoms. The minimum atomic E-state index is -0.728. The van der Waals surface area contributed by atoms with E-state index in [1.54, 1.807) is 6.07 Å². The van der Waals surface area contributed by atoms with Crippen LogP contribution in [0, 0.1) is 5.82 Å². The number of carbonyl (C=O) groups excluding carboxylic acids is 1. The lowest BCUT2D eigenvalue weighted by atomic mass is 9.86. The SMILES string of the molecule is CC(C)(C)c1ccc(F)c(C(N)=O)c1. The van der Waals surface area contributed by atoms with E-state index in [0.29, 0.717) is 0 Å². The molecular formula is C11H14FNO. The standard InChI is InChI=1S/C11H14FNO/c1-11(2,3)7-4-5-9(12)8(6-7)10(13)14/h4-6H,1-3H3,(H2,13,14). The van der Waals surface area contributed by atoms with Crippen molar-refractivity contribution >= 4 is 5.91 Å². The van der Waals surface area contributed by atoms with Crippen LogP contribution < -0.4 is 5.73 Å². The van der Waals surface area contributed by atoms with Crippen LogP contribution in [0.15, 0.2) is 18.2 Å². The lowest BCUT2D eigenvalue weighted by Crippen LogP contribution is -2.17. The minimum absolute atomic E-state index is 0.0441. The molecule has 1 amide bonds. The number of benzene rings is 1. The van der Waals surface area contributed by atoms with Gasteiger partial charge in [0.1, 0.15) is 5.82 Å². The van der Waals surface area contributed by atoms with E-state index >= 15 is 0 Å². The minimum Gasteiger partial charge on any atom is -0.366 e. The van der Waals surface area contributed by atoms with Crippen molar-refractivity contribution in [3.05, 3.63) is 35.1 Å². The van der Waals surface area contributed by atoms with Crippen LogP contribution >= 0.6 is 0 Å². The van der Waals surface area contributed by atoms with Crippen LogP contribution in [-0.4, -0.2) is 5.91 Å². The smallest absolute Gasteiger partial charge is 0.251 e. The third kappa shape index (κ3) is 2.10. The summed E-state index contributed by atoms with van der Waals surface area (Å²) < 4.78 is 13.1. The zero-order valence-corrected chi connectivity index (χ0v) is 8.60. The molecule has 0 saturated heterocycles. The van der Waals surface area contributed by atoms with E-state index in [9.17, 15) is 9.18 Å². The summed E-state index contributed by atoms with van der Waals surface area (Å²) in [7, 11) is 0. The first-order chi connectivity index (χ1) is 6.32. The van der Waals surface area contributed by atoms with Crippen LogP contribution in [0.2, 0.25) is 0 Å². The lowest BCUT2D eigenvalue weighted by Gasteiger charge is -2.19. The summed E-state index contributed by atoms with van der Waals surface area (Å²) in [6, 6.07) is 4.46. The summed E-state index contributed by atoms with van der Waals surface area (Å²) in [5.41, 5.74) is 5.79. The fraction of sp³-hybridized carbons (Fsp3) is 0.364. The quantitative estimate of drug-likeness (QED) is 0.733. The third-order valence-corrected chi connectivity index (χ3v) is 2.10. The molecule has 2 N–H and O–H groups in total. The van der Waals surface area contributed by atoms with E-state index in [1.807, 2.05) is 20.8 Å². The second-order valence-electron chi connectivity index (χ2n) is 4.31. The fourth-order valence-corrected chi connectivity index (χ4v) is 1.18. The number of nitrogens with two attached hydrogens (primary N) is 1. The second kappa shape index (κ2) is 3.40. The largest absolute Gasteiger partial charge is 0.366 e. The van der Waals surface area contributed by atoms with E-state index in [2.05, 4.69) is 0 Å². The van der Waals surface area contributed by atoms with Gasteiger partial charge in [-0.05, 0) is 23.1 Å². The van der Waals surface area contributed by atoms with Crippen LogP contribution in [0.25, 0.3) is 0 Å². The van der Waals surface area contributed by atoms with Gasteiger partial charge >= 0.3 is 0 Å². The van der Waals surface area contributed by atoms with Crippen molar-refractivity contribution < 1.29 is 9.18 Å². The first kappa shape index (κ1) is 10.7. The Kier molecular flexibility index (Phi) is 2.60. The molecule has 0 radical (unpaired) electrons. The Morgan fingerprint density at radius 1 is 1.36 bits per heavy atom. The van der Waals surface area contributed by atoms with Crippen molar-refractivity contribution in [3.8, 4) is 0 Å². The van der Waals surface area contributed by atoms with Crippen molar-refractivity contribution in [2.24, 2.45) is 5.73 Å². The van der Waals surface area contributed by atoms with Gasteiger partial charge in [-0.2, -0.15) is 0 Å². The molecule has 0 heterocycles. The maximum atomic E-state index is 13.1. The van der Waals surface area contributed by atoms with Gasteiger partial charge in [-0.3, -0.25) is 4.79 Å². The molecular weight excluding hydrogens is 181 g/mol. The molecule has 3 heteroatoms. The molecule has 0 aliphatic carbocycles. The molecule has 1 aromatic carbocycles. The first-order valence-electron chi connectivity index (χ1n) is 4.42. The van der Waals surface area contributed by atoms with Gasteiger partial charge in [0.05, 0.1) is 5.56 Å². The molecule has 1 aromatic rings. The predicted octanol–water partition coefficient (Wildman–Crippen LogP) is 2.22. The number of rotatable bonds is 1. The number of amides is 1. The maximum Gasteiger partial charge on any atom is 0.251 e. The molecule has 0 saturated carbocycles. The number of hydrogen-bond acceptors (Lipinski definition) is 1. The van der Waals surface area contributed by atoms with E-state index in [-0.39, 0.29) is 11.0 Å². The van der Waals surface area contributed by atoms with E-state index in [4.69, 9.17) is 5.73 Å². The maximum absolute atomic E-state index is 13.1. The van der Waals surface area contributed by atoms with Crippen LogP contribution in [0.1, 0.15) is 36.7 Å². The van der Waals surface area contributed by atoms with E-state index < -0.39 is 11.7 Å². The third-order valence-electron chi connectivity index (χ3n) is 2.10. The second-order valence-corrected chi connectivity index (χ2v) is 4.31. The molecule has 1 rings (SSSR count). The zero-order valence-electron chi connectivity index (χ0n) is 8.60. The molecule has 14 heavy (non-hydrogen) atoms. The van der Waals surface area contributed by atoms with Crippen LogP contribution in [0.5, 0.6) is 0 Å². The number of primary amides is 1. The summed E-state index contributed by atoms with van der Waals surface area (Å²) in [5, 5.41) is 0. The summed E-state index contributed by atoms with van der Waals surface area (Å²) in [6.45, 7) is 5.97. The number of hydrogen-bond donors (Lipinski definition) is 1. The Bertz CT molecular complexity index is 366. The summed E-state index contributed by atoms with van der Waals surface area (Å²) in [4.78, 5) is 10.9. The highest BCUT2D eigenvalue weighted by Gasteiger charge is 2.17.